The van der Waals surface area contributed by atoms with Crippen molar-refractivity contribution in [3.63, 3.8) is 0 Å². The summed E-state index contributed by atoms with van der Waals surface area (Å²) < 4.78 is 5.97. The largest absolute Gasteiger partial charge is 0.488 e. The Morgan fingerprint density at radius 2 is 2.29 bits per heavy atom. The van der Waals surface area contributed by atoms with Gasteiger partial charge in [0.05, 0.1) is 5.92 Å². The third-order valence-corrected chi connectivity index (χ3v) is 3.85. The zero-order valence-corrected chi connectivity index (χ0v) is 11.7. The zero-order valence-electron chi connectivity index (χ0n) is 11.7. The highest BCUT2D eigenvalue weighted by Gasteiger charge is 2.36. The fourth-order valence-electron chi connectivity index (χ4n) is 2.64. The number of ether oxygens (including phenoxy) is 1. The van der Waals surface area contributed by atoms with E-state index in [1.54, 1.807) is 6.20 Å². The monoisotopic (exact) mass is 283 g/mol. The van der Waals surface area contributed by atoms with E-state index in [0.29, 0.717) is 12.8 Å². The second kappa shape index (κ2) is 5.56. The van der Waals surface area contributed by atoms with Gasteiger partial charge >= 0.3 is 5.97 Å². The number of rotatable bonds is 5. The van der Waals surface area contributed by atoms with Crippen LogP contribution in [0.4, 0.5) is 0 Å². The van der Waals surface area contributed by atoms with Crippen molar-refractivity contribution in [2.24, 2.45) is 5.92 Å². The van der Waals surface area contributed by atoms with Gasteiger partial charge in [0.1, 0.15) is 17.4 Å². The van der Waals surface area contributed by atoms with Gasteiger partial charge in [0.15, 0.2) is 0 Å². The highest BCUT2D eigenvalue weighted by Crippen LogP contribution is 2.34. The molecular formula is C17H17NO3. The van der Waals surface area contributed by atoms with Crippen LogP contribution in [0.15, 0.2) is 43.1 Å². The van der Waals surface area contributed by atoms with Gasteiger partial charge in [0, 0.05) is 11.6 Å². The van der Waals surface area contributed by atoms with Gasteiger partial charge in [-0.2, -0.15) is 0 Å². The Hall–Kier alpha value is -2.36. The third kappa shape index (κ3) is 2.75. The molecule has 21 heavy (non-hydrogen) atoms. The molecule has 3 rings (SSSR count). The van der Waals surface area contributed by atoms with E-state index in [2.05, 4.69) is 17.6 Å². The average molecular weight is 283 g/mol. The van der Waals surface area contributed by atoms with Crippen LogP contribution in [0.25, 0.3) is 10.9 Å². The zero-order chi connectivity index (χ0) is 14.8. The van der Waals surface area contributed by atoms with Crippen molar-refractivity contribution in [1.82, 2.24) is 4.98 Å². The molecule has 0 amide bonds. The molecule has 0 radical (unpaired) electrons. The number of carboxylic acids is 1. The number of carboxylic acid groups (broad SMARTS) is 1. The summed E-state index contributed by atoms with van der Waals surface area (Å²) in [6.07, 6.45) is 5.46. The first-order chi connectivity index (χ1) is 10.2. The van der Waals surface area contributed by atoms with E-state index in [0.717, 1.165) is 28.6 Å². The number of hydrogen-bond acceptors (Lipinski definition) is 3. The van der Waals surface area contributed by atoms with Crippen molar-refractivity contribution < 1.29 is 14.6 Å². The molecule has 0 atom stereocenters. The molecule has 4 heteroatoms. The summed E-state index contributed by atoms with van der Waals surface area (Å²) in [4.78, 5) is 15.2. The van der Waals surface area contributed by atoms with Gasteiger partial charge in [-0.15, -0.1) is 6.58 Å². The Kier molecular flexibility index (Phi) is 3.60. The Labute approximate surface area is 123 Å². The van der Waals surface area contributed by atoms with Crippen molar-refractivity contribution in [3.8, 4) is 5.75 Å². The van der Waals surface area contributed by atoms with Crippen molar-refractivity contribution >= 4 is 16.9 Å². The van der Waals surface area contributed by atoms with E-state index < -0.39 is 5.97 Å². The molecule has 0 aliphatic heterocycles. The van der Waals surface area contributed by atoms with Crippen molar-refractivity contribution in [2.45, 2.75) is 25.4 Å². The first-order valence-corrected chi connectivity index (χ1v) is 7.05. The first kappa shape index (κ1) is 13.6. The molecule has 1 saturated carbocycles. The van der Waals surface area contributed by atoms with E-state index >= 15 is 0 Å². The minimum atomic E-state index is -0.738. The second-order valence-corrected chi connectivity index (χ2v) is 5.41. The Morgan fingerprint density at radius 3 is 3.00 bits per heavy atom. The van der Waals surface area contributed by atoms with Gasteiger partial charge in [-0.05, 0) is 43.0 Å². The standard InChI is InChI=1S/C17H17NO3/c1-2-4-11-7-12-5-3-6-18-16(12)15(8-11)21-14-9-13(10-14)17(19)20/h2-3,5-8,13-14H,1,4,9-10H2,(H,19,20). The summed E-state index contributed by atoms with van der Waals surface area (Å²) in [5.41, 5.74) is 1.94. The minimum absolute atomic E-state index is 0.0321. The molecule has 1 fully saturated rings. The number of carbonyl (C=O) groups is 1. The average Bonchev–Trinajstić information content (AvgIpc) is 2.42. The molecule has 0 saturated heterocycles. The predicted molar refractivity (Wildman–Crippen MR) is 80.4 cm³/mol. The Balaban J connectivity index is 1.86. The molecule has 1 aliphatic rings. The van der Waals surface area contributed by atoms with Crippen LogP contribution in [0.5, 0.6) is 5.75 Å². The predicted octanol–water partition coefficient (Wildman–Crippen LogP) is 3.21. The summed E-state index contributed by atoms with van der Waals surface area (Å²) in [5, 5.41) is 9.95. The van der Waals surface area contributed by atoms with Crippen molar-refractivity contribution in [1.29, 1.82) is 0 Å². The molecule has 2 aromatic rings. The Bertz CT molecular complexity index is 689. The molecule has 1 aromatic heterocycles. The number of nitrogens with zero attached hydrogens (tertiary/aromatic N) is 1. The minimum Gasteiger partial charge on any atom is -0.488 e. The van der Waals surface area contributed by atoms with Crippen LogP contribution in [0.1, 0.15) is 18.4 Å². The molecule has 0 spiro atoms. The van der Waals surface area contributed by atoms with Crippen LogP contribution in [-0.2, 0) is 11.2 Å². The Morgan fingerprint density at radius 1 is 1.48 bits per heavy atom. The number of pyridine rings is 1. The number of hydrogen-bond donors (Lipinski definition) is 1. The maximum Gasteiger partial charge on any atom is 0.306 e. The fraction of sp³-hybridized carbons (Fsp3) is 0.294. The van der Waals surface area contributed by atoms with Gasteiger partial charge < -0.3 is 9.84 Å². The molecule has 4 nitrogen and oxygen atoms in total. The second-order valence-electron chi connectivity index (χ2n) is 5.41. The molecule has 1 aliphatic carbocycles. The SMILES string of the molecule is C=CCc1cc(OC2CC(C(=O)O)C2)c2ncccc2c1. The van der Waals surface area contributed by atoms with Crippen LogP contribution in [-0.4, -0.2) is 22.2 Å². The molecule has 1 aromatic carbocycles. The number of aliphatic carboxylic acids is 1. The molecule has 1 N–H and O–H groups in total. The van der Waals surface area contributed by atoms with Gasteiger partial charge in [-0.1, -0.05) is 12.1 Å². The number of allylic oxidation sites excluding steroid dienone is 1. The fourth-order valence-corrected chi connectivity index (χ4v) is 2.64. The maximum absolute atomic E-state index is 10.9. The van der Waals surface area contributed by atoms with Crippen LogP contribution >= 0.6 is 0 Å². The number of aromatic nitrogens is 1. The van der Waals surface area contributed by atoms with Gasteiger partial charge in [-0.25, -0.2) is 0 Å². The van der Waals surface area contributed by atoms with E-state index in [1.165, 1.54) is 0 Å². The summed E-state index contributed by atoms with van der Waals surface area (Å²) in [5.74, 6) is -0.275. The lowest BCUT2D eigenvalue weighted by Gasteiger charge is -2.32. The topological polar surface area (TPSA) is 59.4 Å². The highest BCUT2D eigenvalue weighted by atomic mass is 16.5. The van der Waals surface area contributed by atoms with Crippen LogP contribution in [0.2, 0.25) is 0 Å². The highest BCUT2D eigenvalue weighted by molar-refractivity contribution is 5.85. The molecule has 0 unspecified atom stereocenters. The molecular weight excluding hydrogens is 266 g/mol. The summed E-state index contributed by atoms with van der Waals surface area (Å²) in [6, 6.07) is 7.96. The smallest absolute Gasteiger partial charge is 0.306 e. The number of benzene rings is 1. The maximum atomic E-state index is 10.9. The van der Waals surface area contributed by atoms with Crippen LogP contribution in [0.3, 0.4) is 0 Å². The quantitative estimate of drug-likeness (QED) is 0.856. The van der Waals surface area contributed by atoms with Gasteiger partial charge in [0.25, 0.3) is 0 Å². The third-order valence-electron chi connectivity index (χ3n) is 3.85. The lowest BCUT2D eigenvalue weighted by molar-refractivity contribution is -0.147. The summed E-state index contributed by atoms with van der Waals surface area (Å²) in [7, 11) is 0. The van der Waals surface area contributed by atoms with E-state index in [9.17, 15) is 4.79 Å². The first-order valence-electron chi connectivity index (χ1n) is 7.05. The van der Waals surface area contributed by atoms with Crippen molar-refractivity contribution in [3.05, 3.63) is 48.7 Å². The number of fused-ring (bicyclic) bond motifs is 1. The lowest BCUT2D eigenvalue weighted by Crippen LogP contribution is -2.38. The van der Waals surface area contributed by atoms with Crippen LogP contribution in [0, 0.1) is 5.92 Å². The van der Waals surface area contributed by atoms with E-state index in [-0.39, 0.29) is 12.0 Å². The van der Waals surface area contributed by atoms with Gasteiger partial charge in [-0.3, -0.25) is 9.78 Å². The summed E-state index contributed by atoms with van der Waals surface area (Å²) >= 11 is 0. The van der Waals surface area contributed by atoms with E-state index in [1.807, 2.05) is 24.3 Å². The van der Waals surface area contributed by atoms with Crippen LogP contribution < -0.4 is 4.74 Å². The molecule has 0 bridgehead atoms. The molecule has 1 heterocycles. The normalized spacial score (nSPS) is 20.8. The van der Waals surface area contributed by atoms with Gasteiger partial charge in [0.2, 0.25) is 0 Å². The lowest BCUT2D eigenvalue weighted by atomic mass is 9.82. The molecule has 108 valence electrons. The summed E-state index contributed by atoms with van der Waals surface area (Å²) in [6.45, 7) is 3.76. The van der Waals surface area contributed by atoms with E-state index in [4.69, 9.17) is 9.84 Å². The van der Waals surface area contributed by atoms with Crippen molar-refractivity contribution in [2.75, 3.05) is 0 Å².